The molecule has 5 heteroatoms. The van der Waals surface area contributed by atoms with Gasteiger partial charge in [-0.3, -0.25) is 4.40 Å². The van der Waals surface area contributed by atoms with E-state index >= 15 is 0 Å². The Kier molecular flexibility index (Phi) is 2.67. The average molecular weight is 282 g/mol. The van der Waals surface area contributed by atoms with Crippen molar-refractivity contribution in [3.05, 3.63) is 34.7 Å². The Bertz CT molecular complexity index is 505. The largest absolute Gasteiger partial charge is 0.378 e. The number of hydrogen-bond donors (Lipinski definition) is 1. The van der Waals surface area contributed by atoms with Crippen molar-refractivity contribution >= 4 is 21.6 Å². The molecule has 2 aromatic heterocycles. The van der Waals surface area contributed by atoms with Crippen LogP contribution in [0.5, 0.6) is 0 Å². The van der Waals surface area contributed by atoms with Crippen molar-refractivity contribution in [1.82, 2.24) is 14.7 Å². The maximum absolute atomic E-state index is 5.44. The molecule has 1 atom stereocenters. The highest BCUT2D eigenvalue weighted by atomic mass is 79.9. The molecule has 2 aromatic rings. The van der Waals surface area contributed by atoms with Crippen molar-refractivity contribution in [3.63, 3.8) is 0 Å². The highest BCUT2D eigenvalue weighted by molar-refractivity contribution is 9.10. The van der Waals surface area contributed by atoms with Crippen molar-refractivity contribution in [2.24, 2.45) is 0 Å². The molecule has 0 spiro atoms. The van der Waals surface area contributed by atoms with Crippen LogP contribution in [0.2, 0.25) is 0 Å². The van der Waals surface area contributed by atoms with Gasteiger partial charge in [0.05, 0.1) is 29.6 Å². The number of pyridine rings is 1. The number of nitrogens with one attached hydrogen (secondary N) is 1. The first-order valence-corrected chi connectivity index (χ1v) is 6.08. The summed E-state index contributed by atoms with van der Waals surface area (Å²) < 4.78 is 8.49. The van der Waals surface area contributed by atoms with Crippen LogP contribution in [0.15, 0.2) is 29.0 Å². The highest BCUT2D eigenvalue weighted by Crippen LogP contribution is 2.19. The third-order valence-corrected chi connectivity index (χ3v) is 3.39. The molecule has 1 fully saturated rings. The van der Waals surface area contributed by atoms with E-state index in [1.165, 1.54) is 0 Å². The molecule has 1 saturated heterocycles. The number of fused-ring (bicyclic) bond motifs is 1. The molecule has 84 valence electrons. The van der Waals surface area contributed by atoms with E-state index in [1.54, 1.807) is 0 Å². The summed E-state index contributed by atoms with van der Waals surface area (Å²) in [5.41, 5.74) is 1.99. The molecule has 0 saturated carbocycles. The summed E-state index contributed by atoms with van der Waals surface area (Å²) in [6, 6.07) is 6.20. The maximum Gasteiger partial charge on any atom is 0.137 e. The van der Waals surface area contributed by atoms with Crippen molar-refractivity contribution in [2.75, 3.05) is 19.8 Å². The smallest absolute Gasteiger partial charge is 0.137 e. The van der Waals surface area contributed by atoms with Gasteiger partial charge in [-0.05, 0) is 28.1 Å². The Labute approximate surface area is 102 Å². The molecular weight excluding hydrogens is 270 g/mol. The van der Waals surface area contributed by atoms with Gasteiger partial charge in [-0.1, -0.05) is 6.07 Å². The minimum absolute atomic E-state index is 0.209. The minimum Gasteiger partial charge on any atom is -0.378 e. The van der Waals surface area contributed by atoms with Gasteiger partial charge in [0.15, 0.2) is 0 Å². The predicted octanol–water partition coefficient (Wildman–Crippen LogP) is 1.76. The fraction of sp³-hybridized carbons (Fsp3) is 0.364. The van der Waals surface area contributed by atoms with Crippen LogP contribution in [0.4, 0.5) is 0 Å². The highest BCUT2D eigenvalue weighted by Gasteiger charge is 2.18. The first-order valence-electron chi connectivity index (χ1n) is 5.29. The zero-order valence-corrected chi connectivity index (χ0v) is 10.3. The molecule has 4 nitrogen and oxygen atoms in total. The van der Waals surface area contributed by atoms with Gasteiger partial charge in [0, 0.05) is 12.7 Å². The Balaban J connectivity index is 2.01. The van der Waals surface area contributed by atoms with E-state index < -0.39 is 0 Å². The van der Waals surface area contributed by atoms with Crippen molar-refractivity contribution < 1.29 is 4.74 Å². The Hall–Kier alpha value is -0.910. The lowest BCUT2D eigenvalue weighted by atomic mass is 10.2. The molecule has 3 rings (SSSR count). The standard InChI is InChI=1S/C11H12BrN3O/c12-10-2-1-3-11-14-8(6-15(10)11)9-7-16-5-4-13-9/h1-3,6,9,13H,4-5,7H2. The summed E-state index contributed by atoms with van der Waals surface area (Å²) in [4.78, 5) is 4.59. The summed E-state index contributed by atoms with van der Waals surface area (Å²) >= 11 is 3.51. The third kappa shape index (κ3) is 1.75. The first kappa shape index (κ1) is 10.3. The number of halogens is 1. The van der Waals surface area contributed by atoms with E-state index in [2.05, 4.69) is 26.2 Å². The van der Waals surface area contributed by atoms with E-state index in [4.69, 9.17) is 4.74 Å². The van der Waals surface area contributed by atoms with Gasteiger partial charge in [-0.2, -0.15) is 0 Å². The molecule has 0 amide bonds. The van der Waals surface area contributed by atoms with Gasteiger partial charge in [0.1, 0.15) is 5.65 Å². The van der Waals surface area contributed by atoms with Crippen LogP contribution < -0.4 is 5.32 Å². The molecule has 16 heavy (non-hydrogen) atoms. The average Bonchev–Trinajstić information content (AvgIpc) is 2.76. The summed E-state index contributed by atoms with van der Waals surface area (Å²) in [6.07, 6.45) is 2.05. The van der Waals surface area contributed by atoms with E-state index in [0.717, 1.165) is 29.1 Å². The Morgan fingerprint density at radius 2 is 2.44 bits per heavy atom. The SMILES string of the molecule is Brc1cccc2nc(C3COCCN3)cn12. The fourth-order valence-corrected chi connectivity index (χ4v) is 2.36. The zero-order chi connectivity index (χ0) is 11.0. The molecule has 0 aromatic carbocycles. The fourth-order valence-electron chi connectivity index (χ4n) is 1.92. The maximum atomic E-state index is 5.44. The van der Waals surface area contributed by atoms with Crippen LogP contribution in [0, 0.1) is 0 Å². The molecule has 1 aliphatic heterocycles. The number of aromatic nitrogens is 2. The number of morpholine rings is 1. The lowest BCUT2D eigenvalue weighted by Crippen LogP contribution is -2.34. The van der Waals surface area contributed by atoms with Crippen LogP contribution >= 0.6 is 15.9 Å². The van der Waals surface area contributed by atoms with Crippen LogP contribution in [0.1, 0.15) is 11.7 Å². The molecule has 0 bridgehead atoms. The van der Waals surface area contributed by atoms with E-state index in [-0.39, 0.29) is 6.04 Å². The molecule has 0 aliphatic carbocycles. The first-order chi connectivity index (χ1) is 7.84. The van der Waals surface area contributed by atoms with Crippen LogP contribution in [-0.4, -0.2) is 29.1 Å². The zero-order valence-electron chi connectivity index (χ0n) is 8.69. The van der Waals surface area contributed by atoms with Gasteiger partial charge in [-0.25, -0.2) is 4.98 Å². The molecule has 1 unspecified atom stereocenters. The topological polar surface area (TPSA) is 38.6 Å². The molecule has 3 heterocycles. The minimum atomic E-state index is 0.209. The number of hydrogen-bond acceptors (Lipinski definition) is 3. The molecule has 1 N–H and O–H groups in total. The number of nitrogens with zero attached hydrogens (tertiary/aromatic N) is 2. The summed E-state index contributed by atoms with van der Waals surface area (Å²) in [5, 5.41) is 3.40. The van der Waals surface area contributed by atoms with E-state index in [1.807, 2.05) is 28.8 Å². The summed E-state index contributed by atoms with van der Waals surface area (Å²) in [6.45, 7) is 2.37. The van der Waals surface area contributed by atoms with E-state index in [0.29, 0.717) is 6.61 Å². The number of rotatable bonds is 1. The van der Waals surface area contributed by atoms with Crippen LogP contribution in [0.25, 0.3) is 5.65 Å². The molecular formula is C11H12BrN3O. The Morgan fingerprint density at radius 1 is 1.50 bits per heavy atom. The lowest BCUT2D eigenvalue weighted by molar-refractivity contribution is 0.0758. The monoisotopic (exact) mass is 281 g/mol. The van der Waals surface area contributed by atoms with Gasteiger partial charge >= 0.3 is 0 Å². The molecule has 0 radical (unpaired) electrons. The second-order valence-electron chi connectivity index (χ2n) is 3.82. The number of ether oxygens (including phenoxy) is 1. The van der Waals surface area contributed by atoms with Crippen molar-refractivity contribution in [1.29, 1.82) is 0 Å². The number of imidazole rings is 1. The van der Waals surface area contributed by atoms with Crippen LogP contribution in [0.3, 0.4) is 0 Å². The Morgan fingerprint density at radius 3 is 3.19 bits per heavy atom. The van der Waals surface area contributed by atoms with E-state index in [9.17, 15) is 0 Å². The van der Waals surface area contributed by atoms with Crippen molar-refractivity contribution in [2.45, 2.75) is 6.04 Å². The lowest BCUT2D eigenvalue weighted by Gasteiger charge is -2.21. The summed E-state index contributed by atoms with van der Waals surface area (Å²) in [7, 11) is 0. The second-order valence-corrected chi connectivity index (χ2v) is 4.64. The quantitative estimate of drug-likeness (QED) is 0.810. The second kappa shape index (κ2) is 4.16. The van der Waals surface area contributed by atoms with Gasteiger partial charge < -0.3 is 10.1 Å². The van der Waals surface area contributed by atoms with Gasteiger partial charge in [0.25, 0.3) is 0 Å². The third-order valence-electron chi connectivity index (χ3n) is 2.74. The molecule has 1 aliphatic rings. The summed E-state index contributed by atoms with van der Waals surface area (Å²) in [5.74, 6) is 0. The normalized spacial score (nSPS) is 21.4. The predicted molar refractivity (Wildman–Crippen MR) is 64.5 cm³/mol. The van der Waals surface area contributed by atoms with Gasteiger partial charge in [-0.15, -0.1) is 0 Å². The van der Waals surface area contributed by atoms with Crippen LogP contribution in [-0.2, 0) is 4.74 Å². The van der Waals surface area contributed by atoms with Crippen molar-refractivity contribution in [3.8, 4) is 0 Å². The van der Waals surface area contributed by atoms with Gasteiger partial charge in [0.2, 0.25) is 0 Å².